The summed E-state index contributed by atoms with van der Waals surface area (Å²) < 4.78 is 14.2. The molecule has 2 rings (SSSR count). The molecule has 4 heteroatoms. The zero-order valence-corrected chi connectivity index (χ0v) is 13.4. The van der Waals surface area contributed by atoms with Gasteiger partial charge < -0.3 is 10.6 Å². The van der Waals surface area contributed by atoms with Crippen LogP contribution in [0, 0.1) is 5.82 Å². The fraction of sp³-hybridized carbons (Fsp3) is 0.647. The first-order valence-corrected chi connectivity index (χ1v) is 7.98. The van der Waals surface area contributed by atoms with Gasteiger partial charge in [0.25, 0.3) is 0 Å². The van der Waals surface area contributed by atoms with Crippen molar-refractivity contribution in [3.8, 4) is 0 Å². The van der Waals surface area contributed by atoms with Gasteiger partial charge in [-0.1, -0.05) is 25.1 Å². The van der Waals surface area contributed by atoms with Crippen LogP contribution >= 0.6 is 0 Å². The average molecular weight is 293 g/mol. The summed E-state index contributed by atoms with van der Waals surface area (Å²) in [5, 5.41) is 0. The van der Waals surface area contributed by atoms with Gasteiger partial charge in [-0.25, -0.2) is 4.39 Å². The molecule has 0 radical (unpaired) electrons. The highest BCUT2D eigenvalue weighted by atomic mass is 19.1. The molecule has 0 spiro atoms. The number of halogens is 1. The summed E-state index contributed by atoms with van der Waals surface area (Å²) in [6, 6.07) is 7.32. The second kappa shape index (κ2) is 7.34. The molecular weight excluding hydrogens is 265 g/mol. The zero-order valence-electron chi connectivity index (χ0n) is 13.4. The van der Waals surface area contributed by atoms with Gasteiger partial charge in [0.05, 0.1) is 6.04 Å². The minimum absolute atomic E-state index is 0.0654. The first-order chi connectivity index (χ1) is 10.0. The van der Waals surface area contributed by atoms with Gasteiger partial charge in [-0.2, -0.15) is 0 Å². The molecule has 1 fully saturated rings. The van der Waals surface area contributed by atoms with Crippen molar-refractivity contribution in [1.29, 1.82) is 0 Å². The van der Waals surface area contributed by atoms with Crippen molar-refractivity contribution >= 4 is 0 Å². The van der Waals surface area contributed by atoms with E-state index in [-0.39, 0.29) is 17.9 Å². The van der Waals surface area contributed by atoms with Crippen LogP contribution in [0.5, 0.6) is 0 Å². The maximum atomic E-state index is 14.2. The number of likely N-dealkylation sites (N-methyl/N-ethyl adjacent to an activating group) is 1. The van der Waals surface area contributed by atoms with Crippen molar-refractivity contribution < 1.29 is 4.39 Å². The Labute approximate surface area is 127 Å². The summed E-state index contributed by atoms with van der Waals surface area (Å²) in [5.74, 6) is -0.155. The minimum atomic E-state index is -0.155. The van der Waals surface area contributed by atoms with Crippen molar-refractivity contribution in [3.63, 3.8) is 0 Å². The van der Waals surface area contributed by atoms with Gasteiger partial charge in [-0.3, -0.25) is 4.90 Å². The van der Waals surface area contributed by atoms with E-state index < -0.39 is 0 Å². The molecular formula is C17H28FN3. The average Bonchev–Trinajstić information content (AvgIpc) is 2.49. The second-order valence-electron chi connectivity index (χ2n) is 6.16. The third-order valence-electron chi connectivity index (χ3n) is 4.74. The van der Waals surface area contributed by atoms with E-state index in [9.17, 15) is 4.39 Å². The number of hydrogen-bond acceptors (Lipinski definition) is 3. The van der Waals surface area contributed by atoms with Crippen LogP contribution in [0.2, 0.25) is 0 Å². The molecule has 1 aromatic carbocycles. The molecule has 2 unspecified atom stereocenters. The molecule has 0 aliphatic carbocycles. The summed E-state index contributed by atoms with van der Waals surface area (Å²) in [5.41, 5.74) is 6.90. The lowest BCUT2D eigenvalue weighted by Crippen LogP contribution is -2.48. The van der Waals surface area contributed by atoms with Crippen LogP contribution < -0.4 is 5.73 Å². The largest absolute Gasteiger partial charge is 0.326 e. The normalized spacial score (nSPS) is 20.7. The van der Waals surface area contributed by atoms with Gasteiger partial charge >= 0.3 is 0 Å². The summed E-state index contributed by atoms with van der Waals surface area (Å²) >= 11 is 0. The van der Waals surface area contributed by atoms with Crippen molar-refractivity contribution in [2.45, 2.75) is 44.8 Å². The number of likely N-dealkylation sites (tertiary alicyclic amines) is 1. The Morgan fingerprint density at radius 2 is 1.95 bits per heavy atom. The molecule has 3 nitrogen and oxygen atoms in total. The monoisotopic (exact) mass is 293 g/mol. The molecule has 1 aromatic rings. The molecule has 118 valence electrons. The smallest absolute Gasteiger partial charge is 0.128 e. The van der Waals surface area contributed by atoms with Gasteiger partial charge in [0.1, 0.15) is 5.82 Å². The molecule has 1 aliphatic heterocycles. The Morgan fingerprint density at radius 3 is 2.48 bits per heavy atom. The van der Waals surface area contributed by atoms with Crippen LogP contribution in [0.15, 0.2) is 24.3 Å². The first-order valence-electron chi connectivity index (χ1n) is 7.98. The van der Waals surface area contributed by atoms with E-state index in [2.05, 4.69) is 23.8 Å². The van der Waals surface area contributed by atoms with Crippen LogP contribution in [0.3, 0.4) is 0 Å². The van der Waals surface area contributed by atoms with Crippen LogP contribution in [0.4, 0.5) is 4.39 Å². The number of benzene rings is 1. The zero-order chi connectivity index (χ0) is 15.4. The molecule has 1 saturated heterocycles. The molecule has 1 heterocycles. The van der Waals surface area contributed by atoms with Crippen molar-refractivity contribution in [2.75, 3.05) is 26.7 Å². The van der Waals surface area contributed by atoms with E-state index in [1.165, 1.54) is 6.07 Å². The van der Waals surface area contributed by atoms with Gasteiger partial charge in [-0.05, 0) is 52.5 Å². The van der Waals surface area contributed by atoms with E-state index in [1.807, 2.05) is 19.1 Å². The fourth-order valence-electron chi connectivity index (χ4n) is 3.46. The fourth-order valence-corrected chi connectivity index (χ4v) is 3.46. The molecule has 2 atom stereocenters. The van der Waals surface area contributed by atoms with E-state index in [0.717, 1.165) is 32.5 Å². The standard InChI is InChI=1S/C17H28FN3/c1-4-21-11-9-14(10-12-21)20(3)17(13(2)19)15-7-5-6-8-16(15)18/h5-8,13-14,17H,4,9-12,19H2,1-3H3. The summed E-state index contributed by atoms with van der Waals surface area (Å²) in [7, 11) is 2.09. The molecule has 2 N–H and O–H groups in total. The Bertz CT molecular complexity index is 441. The number of nitrogens with two attached hydrogens (primary N) is 1. The summed E-state index contributed by atoms with van der Waals surface area (Å²) in [4.78, 5) is 4.75. The molecule has 0 saturated carbocycles. The van der Waals surface area contributed by atoms with Crippen LogP contribution in [0.1, 0.15) is 38.3 Å². The molecule has 1 aliphatic rings. The molecule has 21 heavy (non-hydrogen) atoms. The number of rotatable bonds is 5. The van der Waals surface area contributed by atoms with E-state index in [1.54, 1.807) is 6.07 Å². The van der Waals surface area contributed by atoms with Crippen molar-refractivity contribution in [2.24, 2.45) is 5.73 Å². The van der Waals surface area contributed by atoms with Crippen LogP contribution in [-0.2, 0) is 0 Å². The summed E-state index contributed by atoms with van der Waals surface area (Å²) in [6.07, 6.45) is 2.25. The van der Waals surface area contributed by atoms with Gasteiger partial charge in [0.15, 0.2) is 0 Å². The number of piperidine rings is 1. The Morgan fingerprint density at radius 1 is 1.33 bits per heavy atom. The first kappa shape index (κ1) is 16.4. The highest BCUT2D eigenvalue weighted by Gasteiger charge is 2.30. The lowest BCUT2D eigenvalue weighted by Gasteiger charge is -2.41. The highest BCUT2D eigenvalue weighted by molar-refractivity contribution is 5.23. The third kappa shape index (κ3) is 3.82. The Kier molecular flexibility index (Phi) is 5.73. The van der Waals surface area contributed by atoms with Gasteiger partial charge in [0.2, 0.25) is 0 Å². The molecule has 0 amide bonds. The molecule has 0 aromatic heterocycles. The Hall–Kier alpha value is -0.970. The summed E-state index contributed by atoms with van der Waals surface area (Å²) in [6.45, 7) is 7.52. The molecule has 0 bridgehead atoms. The second-order valence-corrected chi connectivity index (χ2v) is 6.16. The minimum Gasteiger partial charge on any atom is -0.326 e. The van der Waals surface area contributed by atoms with Crippen molar-refractivity contribution in [1.82, 2.24) is 9.80 Å². The van der Waals surface area contributed by atoms with Crippen LogP contribution in [-0.4, -0.2) is 48.6 Å². The number of hydrogen-bond donors (Lipinski definition) is 1. The Balaban J connectivity index is 2.14. The third-order valence-corrected chi connectivity index (χ3v) is 4.74. The van der Waals surface area contributed by atoms with Crippen molar-refractivity contribution in [3.05, 3.63) is 35.6 Å². The van der Waals surface area contributed by atoms with E-state index in [0.29, 0.717) is 11.6 Å². The topological polar surface area (TPSA) is 32.5 Å². The maximum Gasteiger partial charge on any atom is 0.128 e. The maximum absolute atomic E-state index is 14.2. The lowest BCUT2D eigenvalue weighted by molar-refractivity contribution is 0.0881. The van der Waals surface area contributed by atoms with Gasteiger partial charge in [0, 0.05) is 17.6 Å². The number of nitrogens with zero attached hydrogens (tertiary/aromatic N) is 2. The van der Waals surface area contributed by atoms with Crippen LogP contribution in [0.25, 0.3) is 0 Å². The van der Waals surface area contributed by atoms with E-state index in [4.69, 9.17) is 5.73 Å². The SMILES string of the molecule is CCN1CCC(N(C)C(c2ccccc2F)C(C)N)CC1. The quantitative estimate of drug-likeness (QED) is 0.906. The highest BCUT2D eigenvalue weighted by Crippen LogP contribution is 2.29. The predicted octanol–water partition coefficient (Wildman–Crippen LogP) is 2.63. The van der Waals surface area contributed by atoms with E-state index >= 15 is 0 Å². The predicted molar refractivity (Wildman–Crippen MR) is 85.7 cm³/mol. The van der Waals surface area contributed by atoms with Gasteiger partial charge in [-0.15, -0.1) is 0 Å². The lowest BCUT2D eigenvalue weighted by atomic mass is 9.94.